The Balaban J connectivity index is 0.00000107. The van der Waals surface area contributed by atoms with E-state index >= 15 is 0 Å². The Hall–Kier alpha value is -5.45. The maximum atomic E-state index is 13.8. The molecule has 0 saturated carbocycles. The zero-order valence-electron chi connectivity index (χ0n) is 32.8. The summed E-state index contributed by atoms with van der Waals surface area (Å²) in [5.74, 6) is 1.65. The Morgan fingerprint density at radius 1 is 0.897 bits per heavy atom. The normalized spacial score (nSPS) is 15.9. The van der Waals surface area contributed by atoms with E-state index in [1.807, 2.05) is 78.4 Å². The second kappa shape index (κ2) is 19.3. The summed E-state index contributed by atoms with van der Waals surface area (Å²) in [5, 5.41) is 0. The van der Waals surface area contributed by atoms with Crippen LogP contribution in [0.4, 0.5) is 5.82 Å². The minimum Gasteiger partial charge on any atom is -0.493 e. The van der Waals surface area contributed by atoms with Gasteiger partial charge in [-0.15, -0.1) is 0 Å². The fourth-order valence-electron chi connectivity index (χ4n) is 6.69. The number of rotatable bonds is 12. The van der Waals surface area contributed by atoms with Gasteiger partial charge in [0.1, 0.15) is 18.5 Å². The molecule has 3 N–H and O–H groups in total. The summed E-state index contributed by atoms with van der Waals surface area (Å²) >= 11 is 0. The van der Waals surface area contributed by atoms with Crippen molar-refractivity contribution < 1.29 is 41.4 Å². The number of anilines is 1. The molecule has 15 heteroatoms. The summed E-state index contributed by atoms with van der Waals surface area (Å²) in [5.41, 5.74) is 12.3. The van der Waals surface area contributed by atoms with Gasteiger partial charge in [0.15, 0.2) is 22.7 Å². The van der Waals surface area contributed by atoms with Gasteiger partial charge >= 0.3 is 0 Å². The smallest absolute Gasteiger partial charge is 0.261 e. The number of carbonyl (C=O) groups is 1. The molecule has 2 aliphatic rings. The van der Waals surface area contributed by atoms with Crippen LogP contribution in [0.3, 0.4) is 0 Å². The number of pyridine rings is 3. The summed E-state index contributed by atoms with van der Waals surface area (Å²) in [6, 6.07) is 19.1. The number of nitrogens with two attached hydrogens (primary N) is 1. The fraction of sp³-hybridized carbons (Fsp3) is 0.349. The van der Waals surface area contributed by atoms with Crippen LogP contribution in [0.5, 0.6) is 11.5 Å². The van der Waals surface area contributed by atoms with Crippen molar-refractivity contribution in [1.29, 1.82) is 0 Å². The maximum Gasteiger partial charge on any atom is 0.261 e. The van der Waals surface area contributed by atoms with Crippen molar-refractivity contribution in [3.63, 3.8) is 0 Å². The van der Waals surface area contributed by atoms with Crippen molar-refractivity contribution in [1.82, 2.24) is 14.5 Å². The molecule has 2 aliphatic heterocycles. The molecule has 5 heterocycles. The number of Topliss-reactive ketones (excluding diaryl/α,β-unsaturated/α-hetero) is 1. The average Bonchev–Trinajstić information content (AvgIpc) is 3.21. The van der Waals surface area contributed by atoms with Crippen LogP contribution in [-0.4, -0.2) is 92.4 Å². The van der Waals surface area contributed by atoms with Gasteiger partial charge in [0.05, 0.1) is 44.4 Å². The number of ether oxygens (including phenoxy) is 5. The van der Waals surface area contributed by atoms with Crippen molar-refractivity contribution in [3.8, 4) is 45.0 Å². The molecule has 0 unspecified atom stereocenters. The molecular weight excluding hydrogens is 765 g/mol. The SMILES string of the molecule is COc1cc(-c2cnc(N)c(-c3ccc(CC(=O)c4cn(CC5CCOCC5)cc(-c5ccc(C)cc5)c4=O)cn3)c2)ccc1OC[C@H]1COCCO1.CS(=O)(=O)O. The first-order chi connectivity index (χ1) is 27.8. The Labute approximate surface area is 337 Å². The summed E-state index contributed by atoms with van der Waals surface area (Å²) in [6.07, 6.45) is 9.44. The van der Waals surface area contributed by atoms with Crippen molar-refractivity contribution in [2.45, 2.75) is 38.8 Å². The third-order valence-corrected chi connectivity index (χ3v) is 9.74. The second-order valence-electron chi connectivity index (χ2n) is 14.3. The van der Waals surface area contributed by atoms with Crippen LogP contribution >= 0.6 is 0 Å². The number of carbonyl (C=O) groups excluding carboxylic acids is 1. The van der Waals surface area contributed by atoms with Crippen LogP contribution in [0.15, 0.2) is 90.2 Å². The molecule has 58 heavy (non-hydrogen) atoms. The topological polar surface area (TPSA) is 191 Å². The van der Waals surface area contributed by atoms with Gasteiger partial charge in [-0.3, -0.25) is 19.1 Å². The number of benzene rings is 2. The minimum absolute atomic E-state index is 0.0268. The van der Waals surface area contributed by atoms with Crippen molar-refractivity contribution in [2.75, 3.05) is 58.7 Å². The molecule has 306 valence electrons. The van der Waals surface area contributed by atoms with Crippen LogP contribution < -0.4 is 20.6 Å². The van der Waals surface area contributed by atoms with E-state index in [0.717, 1.165) is 48.3 Å². The highest BCUT2D eigenvalue weighted by atomic mass is 32.2. The second-order valence-corrected chi connectivity index (χ2v) is 15.8. The number of aryl methyl sites for hydroxylation is 1. The zero-order valence-corrected chi connectivity index (χ0v) is 33.6. The van der Waals surface area contributed by atoms with Crippen LogP contribution in [0, 0.1) is 12.8 Å². The largest absolute Gasteiger partial charge is 0.493 e. The Morgan fingerprint density at radius 2 is 1.64 bits per heavy atom. The van der Waals surface area contributed by atoms with Crippen LogP contribution in [0.1, 0.15) is 34.3 Å². The maximum absolute atomic E-state index is 13.8. The Kier molecular flexibility index (Phi) is 14.1. The highest BCUT2D eigenvalue weighted by Crippen LogP contribution is 2.35. The first kappa shape index (κ1) is 42.2. The third kappa shape index (κ3) is 11.6. The molecule has 0 radical (unpaired) electrons. The predicted molar refractivity (Wildman–Crippen MR) is 220 cm³/mol. The molecule has 1 atom stereocenters. The number of ketones is 1. The molecule has 2 aromatic carbocycles. The molecular formula is C43H48N4O10S. The number of aromatic nitrogens is 3. The highest BCUT2D eigenvalue weighted by Gasteiger charge is 2.21. The zero-order chi connectivity index (χ0) is 41.2. The highest BCUT2D eigenvalue weighted by molar-refractivity contribution is 7.85. The van der Waals surface area contributed by atoms with Crippen molar-refractivity contribution in [3.05, 3.63) is 112 Å². The summed E-state index contributed by atoms with van der Waals surface area (Å²) in [7, 11) is -2.07. The molecule has 7 rings (SSSR count). The Morgan fingerprint density at radius 3 is 2.31 bits per heavy atom. The minimum atomic E-state index is -3.67. The van der Waals surface area contributed by atoms with Gasteiger partial charge in [-0.05, 0) is 66.6 Å². The summed E-state index contributed by atoms with van der Waals surface area (Å²) in [4.78, 5) is 36.7. The molecule has 3 aromatic heterocycles. The van der Waals surface area contributed by atoms with E-state index in [9.17, 15) is 18.0 Å². The number of hydrogen-bond donors (Lipinski definition) is 2. The quantitative estimate of drug-likeness (QED) is 0.116. The molecule has 0 spiro atoms. The monoisotopic (exact) mass is 812 g/mol. The fourth-order valence-corrected chi connectivity index (χ4v) is 6.69. The van der Waals surface area contributed by atoms with Gasteiger partial charge in [0, 0.05) is 67.7 Å². The Bertz CT molecular complexity index is 2350. The van der Waals surface area contributed by atoms with E-state index in [-0.39, 0.29) is 29.3 Å². The van der Waals surface area contributed by atoms with E-state index in [0.29, 0.717) is 84.8 Å². The molecule has 2 fully saturated rings. The van der Waals surface area contributed by atoms with E-state index in [1.54, 1.807) is 25.7 Å². The number of nitrogen functional groups attached to an aromatic ring is 1. The van der Waals surface area contributed by atoms with Gasteiger partial charge in [-0.25, -0.2) is 4.98 Å². The molecule has 0 bridgehead atoms. The number of nitrogens with zero attached hydrogens (tertiary/aromatic N) is 3. The lowest BCUT2D eigenvalue weighted by atomic mass is 9.97. The lowest BCUT2D eigenvalue weighted by molar-refractivity contribution is -0.101. The van der Waals surface area contributed by atoms with E-state index in [4.69, 9.17) is 34.0 Å². The summed E-state index contributed by atoms with van der Waals surface area (Å²) in [6.45, 7) is 6.15. The van der Waals surface area contributed by atoms with Gasteiger partial charge in [-0.1, -0.05) is 42.0 Å². The average molecular weight is 813 g/mol. The molecule has 14 nitrogen and oxygen atoms in total. The molecule has 0 aliphatic carbocycles. The van der Waals surface area contributed by atoms with E-state index in [1.165, 1.54) is 0 Å². The van der Waals surface area contributed by atoms with Crippen molar-refractivity contribution >= 4 is 21.7 Å². The van der Waals surface area contributed by atoms with Crippen LogP contribution in [0.25, 0.3) is 33.5 Å². The number of hydrogen-bond acceptors (Lipinski definition) is 12. The van der Waals surface area contributed by atoms with Crippen LogP contribution in [0.2, 0.25) is 0 Å². The summed E-state index contributed by atoms with van der Waals surface area (Å²) < 4.78 is 56.2. The lowest BCUT2D eigenvalue weighted by Crippen LogP contribution is -2.33. The van der Waals surface area contributed by atoms with Crippen LogP contribution in [-0.2, 0) is 37.3 Å². The van der Waals surface area contributed by atoms with Crippen molar-refractivity contribution in [2.24, 2.45) is 5.92 Å². The van der Waals surface area contributed by atoms with Gasteiger partial charge in [0.25, 0.3) is 10.1 Å². The first-order valence-corrected chi connectivity index (χ1v) is 20.8. The van der Waals surface area contributed by atoms with Gasteiger partial charge in [0.2, 0.25) is 0 Å². The predicted octanol–water partition coefficient (Wildman–Crippen LogP) is 5.69. The standard InChI is InChI=1S/C42H44N4O7.CH4O3S/c1-27-3-6-30(7-4-27)35-23-46(22-28-11-13-50-14-12-28)24-36(41(35)48)38(47)17-29-5-9-37(44-20-29)34-18-32(21-45-42(34)43)31-8-10-39(40(19-31)49-2)53-26-33-25-51-15-16-52-33;1-5(2,3)4/h3-10,18-21,23-24,28,33H,11-17,22,25-26H2,1-2H3,(H2,43,45);1H3,(H,2,3,4)/t33-;/m1./s1. The van der Waals surface area contributed by atoms with Gasteiger partial charge in [-0.2, -0.15) is 8.42 Å². The lowest BCUT2D eigenvalue weighted by Gasteiger charge is -2.23. The first-order valence-electron chi connectivity index (χ1n) is 18.9. The number of methoxy groups -OCH3 is 1. The molecule has 0 amide bonds. The third-order valence-electron chi connectivity index (χ3n) is 9.74. The molecule has 5 aromatic rings. The van der Waals surface area contributed by atoms with E-state index < -0.39 is 10.1 Å². The van der Waals surface area contributed by atoms with E-state index in [2.05, 4.69) is 9.97 Å². The molecule has 2 saturated heterocycles. The van der Waals surface area contributed by atoms with Gasteiger partial charge < -0.3 is 34.0 Å².